The van der Waals surface area contributed by atoms with Crippen LogP contribution in [0.4, 0.5) is 0 Å². The van der Waals surface area contributed by atoms with Crippen LogP contribution in [0, 0.1) is 0 Å². The third-order valence-corrected chi connectivity index (χ3v) is 2.41. The van der Waals surface area contributed by atoms with Crippen LogP contribution in [0.3, 0.4) is 0 Å². The van der Waals surface area contributed by atoms with E-state index in [9.17, 15) is 4.79 Å². The van der Waals surface area contributed by atoms with E-state index < -0.39 is 5.97 Å². The van der Waals surface area contributed by atoms with E-state index >= 15 is 0 Å². The van der Waals surface area contributed by atoms with E-state index in [1.807, 2.05) is 24.3 Å². The van der Waals surface area contributed by atoms with E-state index in [0.29, 0.717) is 0 Å². The Morgan fingerprint density at radius 3 is 2.50 bits per heavy atom. The number of benzene rings is 1. The predicted molar refractivity (Wildman–Crippen MR) is 56.1 cm³/mol. The maximum atomic E-state index is 10.5. The molecule has 14 heavy (non-hydrogen) atoms. The van der Waals surface area contributed by atoms with Crippen LogP contribution >= 0.6 is 15.9 Å². The van der Waals surface area contributed by atoms with Crippen LogP contribution in [-0.2, 0) is 9.53 Å². The van der Waals surface area contributed by atoms with Gasteiger partial charge in [-0.2, -0.15) is 0 Å². The minimum atomic E-state index is -0.861. The average molecular weight is 259 g/mol. The van der Waals surface area contributed by atoms with Gasteiger partial charge in [-0.25, -0.2) is 0 Å². The van der Waals surface area contributed by atoms with Gasteiger partial charge in [-0.1, -0.05) is 28.1 Å². The molecule has 3 nitrogen and oxygen atoms in total. The van der Waals surface area contributed by atoms with Crippen molar-refractivity contribution < 1.29 is 14.6 Å². The molecule has 0 aliphatic rings. The molecule has 1 aromatic rings. The van der Waals surface area contributed by atoms with Crippen LogP contribution in [0.25, 0.3) is 0 Å². The number of methoxy groups -OCH3 is 1. The molecule has 0 spiro atoms. The summed E-state index contributed by atoms with van der Waals surface area (Å²) in [5, 5.41) is 8.64. The molecule has 0 aliphatic carbocycles. The third-order valence-electron chi connectivity index (χ3n) is 1.89. The van der Waals surface area contributed by atoms with Crippen LogP contribution in [0.5, 0.6) is 0 Å². The Hall–Kier alpha value is -0.870. The Morgan fingerprint density at radius 1 is 1.50 bits per heavy atom. The molecule has 0 radical (unpaired) electrons. The van der Waals surface area contributed by atoms with Gasteiger partial charge >= 0.3 is 5.97 Å². The molecule has 1 atom stereocenters. The smallest absolute Gasteiger partial charge is 0.306 e. The third kappa shape index (κ3) is 3.12. The number of hydrogen-bond donors (Lipinski definition) is 1. The Balaban J connectivity index is 2.78. The summed E-state index contributed by atoms with van der Waals surface area (Å²) in [5.74, 6) is -0.861. The normalized spacial score (nSPS) is 12.4. The summed E-state index contributed by atoms with van der Waals surface area (Å²) in [4.78, 5) is 10.5. The van der Waals surface area contributed by atoms with Gasteiger partial charge in [-0.15, -0.1) is 0 Å². The molecule has 0 heterocycles. The van der Waals surface area contributed by atoms with Gasteiger partial charge in [0, 0.05) is 11.6 Å². The van der Waals surface area contributed by atoms with Gasteiger partial charge in [0.1, 0.15) is 0 Å². The highest BCUT2D eigenvalue weighted by molar-refractivity contribution is 9.10. The fourth-order valence-electron chi connectivity index (χ4n) is 1.17. The highest BCUT2D eigenvalue weighted by Crippen LogP contribution is 2.22. The van der Waals surface area contributed by atoms with Crippen molar-refractivity contribution in [1.29, 1.82) is 0 Å². The number of halogens is 1. The van der Waals surface area contributed by atoms with Gasteiger partial charge in [0.05, 0.1) is 12.5 Å². The number of hydrogen-bond acceptors (Lipinski definition) is 2. The molecule has 0 fully saturated rings. The Morgan fingerprint density at radius 2 is 2.07 bits per heavy atom. The number of ether oxygens (including phenoxy) is 1. The largest absolute Gasteiger partial charge is 0.481 e. The van der Waals surface area contributed by atoms with Crippen molar-refractivity contribution in [3.8, 4) is 0 Å². The minimum absolute atomic E-state index is 0.0157. The molecule has 0 amide bonds. The lowest BCUT2D eigenvalue weighted by molar-refractivity contribution is -0.139. The summed E-state index contributed by atoms with van der Waals surface area (Å²) in [6.45, 7) is 0. The van der Waals surface area contributed by atoms with Gasteiger partial charge in [0.15, 0.2) is 0 Å². The summed E-state index contributed by atoms with van der Waals surface area (Å²) in [7, 11) is 1.51. The lowest BCUT2D eigenvalue weighted by atomic mass is 10.1. The van der Waals surface area contributed by atoms with E-state index in [4.69, 9.17) is 9.84 Å². The first-order chi connectivity index (χ1) is 6.63. The van der Waals surface area contributed by atoms with E-state index in [2.05, 4.69) is 15.9 Å². The molecule has 0 aromatic heterocycles. The summed E-state index contributed by atoms with van der Waals surface area (Å²) in [5.41, 5.74) is 0.873. The number of rotatable bonds is 4. The highest BCUT2D eigenvalue weighted by Gasteiger charge is 2.13. The van der Waals surface area contributed by atoms with Crippen molar-refractivity contribution in [3.63, 3.8) is 0 Å². The second kappa shape index (κ2) is 5.12. The van der Waals surface area contributed by atoms with Crippen molar-refractivity contribution in [3.05, 3.63) is 34.3 Å². The minimum Gasteiger partial charge on any atom is -0.481 e. The zero-order valence-corrected chi connectivity index (χ0v) is 9.32. The molecular weight excluding hydrogens is 248 g/mol. The van der Waals surface area contributed by atoms with Crippen LogP contribution in [0.15, 0.2) is 28.7 Å². The summed E-state index contributed by atoms with van der Waals surface area (Å²) >= 11 is 3.31. The van der Waals surface area contributed by atoms with Crippen LogP contribution in [-0.4, -0.2) is 18.2 Å². The zero-order chi connectivity index (χ0) is 10.6. The monoisotopic (exact) mass is 258 g/mol. The van der Waals surface area contributed by atoms with E-state index in [0.717, 1.165) is 10.0 Å². The van der Waals surface area contributed by atoms with Gasteiger partial charge in [0.2, 0.25) is 0 Å². The van der Waals surface area contributed by atoms with Gasteiger partial charge in [-0.05, 0) is 17.7 Å². The SMILES string of the molecule is COC(CC(=O)O)c1ccc(Br)cc1. The van der Waals surface area contributed by atoms with Crippen molar-refractivity contribution in [2.45, 2.75) is 12.5 Å². The zero-order valence-electron chi connectivity index (χ0n) is 7.74. The Labute approximate surface area is 90.8 Å². The van der Waals surface area contributed by atoms with Gasteiger partial charge in [-0.3, -0.25) is 4.79 Å². The highest BCUT2D eigenvalue weighted by atomic mass is 79.9. The van der Waals surface area contributed by atoms with E-state index in [1.165, 1.54) is 7.11 Å². The van der Waals surface area contributed by atoms with Crippen molar-refractivity contribution in [1.82, 2.24) is 0 Å². The molecule has 76 valence electrons. The standard InChI is InChI=1S/C10H11BrO3/c1-14-9(6-10(12)13)7-2-4-8(11)5-3-7/h2-5,9H,6H2,1H3,(H,12,13). The molecule has 0 aliphatic heterocycles. The summed E-state index contributed by atoms with van der Waals surface area (Å²) in [6.07, 6.45) is -0.390. The molecule has 0 bridgehead atoms. The average Bonchev–Trinajstić information content (AvgIpc) is 2.15. The first kappa shape index (κ1) is 11.2. The topological polar surface area (TPSA) is 46.5 Å². The molecular formula is C10H11BrO3. The molecule has 1 unspecified atom stereocenters. The number of carboxylic acids is 1. The Bertz CT molecular complexity index is 308. The molecule has 0 saturated heterocycles. The molecule has 1 N–H and O–H groups in total. The fraction of sp³-hybridized carbons (Fsp3) is 0.300. The van der Waals surface area contributed by atoms with E-state index in [-0.39, 0.29) is 12.5 Å². The number of carboxylic acid groups (broad SMARTS) is 1. The maximum Gasteiger partial charge on any atom is 0.306 e. The number of carbonyl (C=O) groups is 1. The van der Waals surface area contributed by atoms with Crippen LogP contribution in [0.2, 0.25) is 0 Å². The number of aliphatic carboxylic acids is 1. The molecule has 4 heteroatoms. The maximum absolute atomic E-state index is 10.5. The lowest BCUT2D eigenvalue weighted by Crippen LogP contribution is -2.07. The van der Waals surface area contributed by atoms with Crippen molar-refractivity contribution in [2.75, 3.05) is 7.11 Å². The molecule has 1 aromatic carbocycles. The summed E-state index contributed by atoms with van der Waals surface area (Å²) < 4.78 is 6.06. The van der Waals surface area contributed by atoms with Crippen LogP contribution < -0.4 is 0 Å². The van der Waals surface area contributed by atoms with Crippen molar-refractivity contribution in [2.24, 2.45) is 0 Å². The molecule has 0 saturated carbocycles. The second-order valence-corrected chi connectivity index (χ2v) is 3.79. The van der Waals surface area contributed by atoms with Crippen LogP contribution in [0.1, 0.15) is 18.1 Å². The lowest BCUT2D eigenvalue weighted by Gasteiger charge is -2.13. The van der Waals surface area contributed by atoms with Crippen molar-refractivity contribution >= 4 is 21.9 Å². The Kier molecular flexibility index (Phi) is 4.10. The fourth-order valence-corrected chi connectivity index (χ4v) is 1.44. The predicted octanol–water partition coefficient (Wildman–Crippen LogP) is 2.61. The van der Waals surface area contributed by atoms with Gasteiger partial charge < -0.3 is 9.84 Å². The summed E-state index contributed by atoms with van der Waals surface area (Å²) in [6, 6.07) is 7.43. The molecule has 1 rings (SSSR count). The quantitative estimate of drug-likeness (QED) is 0.903. The first-order valence-electron chi connectivity index (χ1n) is 4.13. The second-order valence-electron chi connectivity index (χ2n) is 2.87. The van der Waals surface area contributed by atoms with Gasteiger partial charge in [0.25, 0.3) is 0 Å². The first-order valence-corrected chi connectivity index (χ1v) is 4.93. The van der Waals surface area contributed by atoms with E-state index in [1.54, 1.807) is 0 Å².